The lowest BCUT2D eigenvalue weighted by Gasteiger charge is -2.06. The van der Waals surface area contributed by atoms with Gasteiger partial charge in [-0.3, -0.25) is 14.9 Å². The molecular weight excluding hydrogens is 274 g/mol. The fourth-order valence-corrected chi connectivity index (χ4v) is 2.69. The van der Waals surface area contributed by atoms with Gasteiger partial charge in [0.25, 0.3) is 5.69 Å². The van der Waals surface area contributed by atoms with E-state index in [2.05, 4.69) is 4.98 Å². The van der Waals surface area contributed by atoms with E-state index in [1.807, 2.05) is 0 Å². The lowest BCUT2D eigenvalue weighted by atomic mass is 10.0. The van der Waals surface area contributed by atoms with Crippen LogP contribution in [-0.4, -0.2) is 27.0 Å². The molecule has 0 saturated heterocycles. The van der Waals surface area contributed by atoms with Crippen LogP contribution in [0.3, 0.4) is 0 Å². The van der Waals surface area contributed by atoms with Crippen molar-refractivity contribution in [3.8, 4) is 0 Å². The van der Waals surface area contributed by atoms with Crippen molar-refractivity contribution in [3.63, 3.8) is 0 Å². The second-order valence-corrected chi connectivity index (χ2v) is 5.42. The Balaban J connectivity index is 2.14. The van der Waals surface area contributed by atoms with Gasteiger partial charge in [-0.25, -0.2) is 0 Å². The normalized spacial score (nSPS) is 16.0. The zero-order chi connectivity index (χ0) is 15.1. The third-order valence-electron chi connectivity index (χ3n) is 3.90. The van der Waals surface area contributed by atoms with Gasteiger partial charge in [0.1, 0.15) is 6.04 Å². The first-order chi connectivity index (χ1) is 9.99. The largest absolute Gasteiger partial charge is 0.480 e. The number of aromatic nitrogens is 1. The molecule has 0 bridgehead atoms. The van der Waals surface area contributed by atoms with E-state index in [9.17, 15) is 14.9 Å². The Bertz CT molecular complexity index is 733. The highest BCUT2D eigenvalue weighted by molar-refractivity contribution is 5.95. The van der Waals surface area contributed by atoms with Crippen LogP contribution in [0, 0.1) is 10.1 Å². The highest BCUT2D eigenvalue weighted by Gasteiger charge is 2.29. The maximum Gasteiger partial charge on any atom is 0.320 e. The number of carboxylic acid groups (broad SMARTS) is 1. The minimum atomic E-state index is -1.12. The van der Waals surface area contributed by atoms with Crippen LogP contribution < -0.4 is 5.73 Å². The summed E-state index contributed by atoms with van der Waals surface area (Å²) in [5.74, 6) is -0.682. The number of aromatic amines is 1. The molecule has 1 aliphatic carbocycles. The molecule has 21 heavy (non-hydrogen) atoms. The molecule has 1 atom stereocenters. The van der Waals surface area contributed by atoms with Crippen LogP contribution in [0.4, 0.5) is 5.69 Å². The third kappa shape index (κ3) is 2.36. The van der Waals surface area contributed by atoms with Crippen LogP contribution in [0.2, 0.25) is 0 Å². The van der Waals surface area contributed by atoms with Crippen molar-refractivity contribution in [1.29, 1.82) is 0 Å². The van der Waals surface area contributed by atoms with Crippen LogP contribution in [0.5, 0.6) is 0 Å². The lowest BCUT2D eigenvalue weighted by Crippen LogP contribution is -2.32. The molecule has 7 nitrogen and oxygen atoms in total. The van der Waals surface area contributed by atoms with E-state index >= 15 is 0 Å². The number of nitrogens with one attached hydrogen (secondary N) is 1. The molecule has 0 aliphatic heterocycles. The van der Waals surface area contributed by atoms with Crippen LogP contribution in [0.1, 0.15) is 29.9 Å². The molecule has 1 aromatic carbocycles. The van der Waals surface area contributed by atoms with E-state index in [4.69, 9.17) is 10.8 Å². The van der Waals surface area contributed by atoms with E-state index in [1.165, 1.54) is 6.07 Å². The van der Waals surface area contributed by atoms with Crippen molar-refractivity contribution in [2.45, 2.75) is 31.2 Å². The summed E-state index contributed by atoms with van der Waals surface area (Å²) in [6, 6.07) is 2.21. The minimum Gasteiger partial charge on any atom is -0.480 e. The number of nitrogens with zero attached hydrogens (tertiary/aromatic N) is 1. The monoisotopic (exact) mass is 289 g/mol. The Kier molecular flexibility index (Phi) is 3.13. The number of nitro groups is 1. The van der Waals surface area contributed by atoms with E-state index < -0.39 is 16.9 Å². The summed E-state index contributed by atoms with van der Waals surface area (Å²) in [7, 11) is 0. The number of non-ortho nitro benzene ring substituents is 1. The Morgan fingerprint density at radius 1 is 1.52 bits per heavy atom. The summed E-state index contributed by atoms with van der Waals surface area (Å²) >= 11 is 0. The number of aliphatic carboxylic acids is 1. The highest BCUT2D eigenvalue weighted by atomic mass is 16.6. The maximum absolute atomic E-state index is 11.2. The van der Waals surface area contributed by atoms with Gasteiger partial charge in [-0.15, -0.1) is 0 Å². The van der Waals surface area contributed by atoms with Gasteiger partial charge in [0.2, 0.25) is 0 Å². The van der Waals surface area contributed by atoms with Crippen molar-refractivity contribution in [1.82, 2.24) is 4.98 Å². The number of nitrogens with two attached hydrogens (primary N) is 1. The number of hydrogen-bond acceptors (Lipinski definition) is 4. The van der Waals surface area contributed by atoms with Crippen molar-refractivity contribution in [2.75, 3.05) is 0 Å². The zero-order valence-electron chi connectivity index (χ0n) is 11.2. The second kappa shape index (κ2) is 4.85. The van der Waals surface area contributed by atoms with Gasteiger partial charge in [-0.2, -0.15) is 0 Å². The van der Waals surface area contributed by atoms with Gasteiger partial charge < -0.3 is 15.8 Å². The van der Waals surface area contributed by atoms with Gasteiger partial charge in [-0.1, -0.05) is 0 Å². The number of nitro benzene ring substituents is 1. The third-order valence-corrected chi connectivity index (χ3v) is 3.90. The SMILES string of the molecule is N[C@@H](Cc1c[nH]c2c(C3CC3)ccc([N+](=O)[O-])c12)C(=O)O. The van der Waals surface area contributed by atoms with Gasteiger partial charge in [-0.05, 0) is 36.0 Å². The first kappa shape index (κ1) is 13.6. The average molecular weight is 289 g/mol. The predicted molar refractivity (Wildman–Crippen MR) is 76.2 cm³/mol. The molecule has 1 aromatic heterocycles. The summed E-state index contributed by atoms with van der Waals surface area (Å²) in [6.45, 7) is 0. The topological polar surface area (TPSA) is 122 Å². The Morgan fingerprint density at radius 3 is 2.81 bits per heavy atom. The van der Waals surface area contributed by atoms with Gasteiger partial charge in [0, 0.05) is 18.7 Å². The molecule has 1 aliphatic rings. The quantitative estimate of drug-likeness (QED) is 0.573. The van der Waals surface area contributed by atoms with Crippen molar-refractivity contribution in [3.05, 3.63) is 39.6 Å². The van der Waals surface area contributed by atoms with Crippen LogP contribution in [0.25, 0.3) is 10.9 Å². The van der Waals surface area contributed by atoms with Crippen LogP contribution in [0.15, 0.2) is 18.3 Å². The number of rotatable bonds is 5. The van der Waals surface area contributed by atoms with Crippen molar-refractivity contribution >= 4 is 22.6 Å². The summed E-state index contributed by atoms with van der Waals surface area (Å²) in [4.78, 5) is 24.7. The summed E-state index contributed by atoms with van der Waals surface area (Å²) in [6.07, 6.45) is 3.85. The predicted octanol–water partition coefficient (Wildman–Crippen LogP) is 1.91. The molecule has 4 N–H and O–H groups in total. The number of carboxylic acids is 1. The molecule has 3 rings (SSSR count). The summed E-state index contributed by atoms with van der Waals surface area (Å²) in [5.41, 5.74) is 7.92. The van der Waals surface area contributed by atoms with Crippen molar-refractivity contribution in [2.24, 2.45) is 5.73 Å². The summed E-state index contributed by atoms with van der Waals surface area (Å²) in [5, 5.41) is 20.6. The lowest BCUT2D eigenvalue weighted by molar-refractivity contribution is -0.383. The maximum atomic E-state index is 11.2. The molecular formula is C14H15N3O4. The van der Waals surface area contributed by atoms with Gasteiger partial charge >= 0.3 is 5.97 Å². The van der Waals surface area contributed by atoms with E-state index in [0.29, 0.717) is 16.9 Å². The molecule has 7 heteroatoms. The Morgan fingerprint density at radius 2 is 2.24 bits per heavy atom. The zero-order valence-corrected chi connectivity index (χ0v) is 11.2. The number of H-pyrrole nitrogens is 1. The van der Waals surface area contributed by atoms with Crippen LogP contribution in [-0.2, 0) is 11.2 Å². The van der Waals surface area contributed by atoms with Gasteiger partial charge in [0.15, 0.2) is 0 Å². The van der Waals surface area contributed by atoms with Crippen molar-refractivity contribution < 1.29 is 14.8 Å². The Hall–Kier alpha value is -2.41. The highest BCUT2D eigenvalue weighted by Crippen LogP contribution is 2.45. The van der Waals surface area contributed by atoms with E-state index in [0.717, 1.165) is 23.9 Å². The first-order valence-electron chi connectivity index (χ1n) is 6.74. The molecule has 1 saturated carbocycles. The molecule has 2 aromatic rings. The van der Waals surface area contributed by atoms with E-state index in [-0.39, 0.29) is 12.1 Å². The molecule has 0 amide bonds. The smallest absolute Gasteiger partial charge is 0.320 e. The second-order valence-electron chi connectivity index (χ2n) is 5.42. The fraction of sp³-hybridized carbons (Fsp3) is 0.357. The number of carbonyl (C=O) groups is 1. The van der Waals surface area contributed by atoms with Crippen LogP contribution >= 0.6 is 0 Å². The Labute approximate surface area is 119 Å². The molecule has 0 spiro atoms. The van der Waals surface area contributed by atoms with Gasteiger partial charge in [0.05, 0.1) is 15.8 Å². The average Bonchev–Trinajstić information content (AvgIpc) is 3.19. The minimum absolute atomic E-state index is 0.0109. The number of fused-ring (bicyclic) bond motifs is 1. The van der Waals surface area contributed by atoms with E-state index in [1.54, 1.807) is 12.3 Å². The number of hydrogen-bond donors (Lipinski definition) is 3. The molecule has 0 radical (unpaired) electrons. The number of benzene rings is 1. The molecule has 1 heterocycles. The summed E-state index contributed by atoms with van der Waals surface area (Å²) < 4.78 is 0. The standard InChI is InChI=1S/C14H15N3O4/c15-10(14(18)19)5-8-6-16-13-9(7-1-2-7)3-4-11(12(8)13)17(20)21/h3-4,6-7,10,16H,1-2,5,15H2,(H,18,19)/t10-/m0/s1. The fourth-order valence-electron chi connectivity index (χ4n) is 2.69. The molecule has 0 unspecified atom stereocenters. The molecule has 1 fully saturated rings. The first-order valence-corrected chi connectivity index (χ1v) is 6.74. The molecule has 110 valence electrons.